The van der Waals surface area contributed by atoms with E-state index in [0.717, 1.165) is 13.1 Å². The molecule has 2 atom stereocenters. The topological polar surface area (TPSA) is 75.5 Å². The van der Waals surface area contributed by atoms with Crippen LogP contribution in [0.4, 0.5) is 11.4 Å². The third-order valence-corrected chi connectivity index (χ3v) is 4.01. The molecular formula is C16H23N3O3. The van der Waals surface area contributed by atoms with Crippen LogP contribution in [0.3, 0.4) is 0 Å². The van der Waals surface area contributed by atoms with Gasteiger partial charge in [-0.3, -0.25) is 19.8 Å². The van der Waals surface area contributed by atoms with Crippen molar-refractivity contribution in [3.63, 3.8) is 0 Å². The molecule has 120 valence electrons. The zero-order valence-electron chi connectivity index (χ0n) is 13.3. The normalized spacial score (nSPS) is 22.3. The number of nitrogens with one attached hydrogen (secondary N) is 1. The van der Waals surface area contributed by atoms with E-state index in [1.54, 1.807) is 13.0 Å². The highest BCUT2D eigenvalue weighted by molar-refractivity contribution is 5.93. The Morgan fingerprint density at radius 1 is 1.36 bits per heavy atom. The number of rotatable bonds is 4. The third kappa shape index (κ3) is 4.27. The van der Waals surface area contributed by atoms with Crippen molar-refractivity contribution in [1.82, 2.24) is 4.90 Å². The summed E-state index contributed by atoms with van der Waals surface area (Å²) < 4.78 is 0. The zero-order chi connectivity index (χ0) is 16.3. The number of benzene rings is 1. The van der Waals surface area contributed by atoms with Crippen LogP contribution in [0.1, 0.15) is 25.8 Å². The maximum atomic E-state index is 12.2. The van der Waals surface area contributed by atoms with Crippen LogP contribution in [0.2, 0.25) is 0 Å². The summed E-state index contributed by atoms with van der Waals surface area (Å²) in [4.78, 5) is 24.6. The number of piperidine rings is 1. The van der Waals surface area contributed by atoms with Gasteiger partial charge < -0.3 is 5.32 Å². The van der Waals surface area contributed by atoms with Gasteiger partial charge in [-0.05, 0) is 36.8 Å². The number of hydrogen-bond acceptors (Lipinski definition) is 4. The average Bonchev–Trinajstić information content (AvgIpc) is 2.39. The quantitative estimate of drug-likeness (QED) is 0.685. The van der Waals surface area contributed by atoms with Crippen molar-refractivity contribution < 1.29 is 9.72 Å². The molecule has 1 fully saturated rings. The van der Waals surface area contributed by atoms with Crippen molar-refractivity contribution in [1.29, 1.82) is 0 Å². The standard InChI is InChI=1S/C16H23N3O3/c1-11-6-12(2)9-18(8-11)10-16(20)17-15-5-4-14(19(21)22)7-13(15)3/h4-5,7,11-12H,6,8-10H2,1-3H3,(H,17,20)/t11-,12-/m1/s1. The average molecular weight is 305 g/mol. The van der Waals surface area contributed by atoms with Gasteiger partial charge in [0.2, 0.25) is 5.91 Å². The minimum atomic E-state index is -0.435. The Morgan fingerprint density at radius 3 is 2.55 bits per heavy atom. The predicted molar refractivity (Wildman–Crippen MR) is 85.8 cm³/mol. The van der Waals surface area contributed by atoms with E-state index in [1.165, 1.54) is 18.6 Å². The first-order valence-electron chi connectivity index (χ1n) is 7.62. The number of carbonyl (C=O) groups is 1. The third-order valence-electron chi connectivity index (χ3n) is 4.01. The summed E-state index contributed by atoms with van der Waals surface area (Å²) in [6.45, 7) is 8.43. The molecule has 0 spiro atoms. The zero-order valence-corrected chi connectivity index (χ0v) is 13.3. The van der Waals surface area contributed by atoms with Gasteiger partial charge in [0, 0.05) is 30.9 Å². The molecule has 0 saturated carbocycles. The second-order valence-corrected chi connectivity index (χ2v) is 6.44. The number of likely N-dealkylation sites (tertiary alicyclic amines) is 1. The van der Waals surface area contributed by atoms with Gasteiger partial charge in [-0.25, -0.2) is 0 Å². The summed E-state index contributed by atoms with van der Waals surface area (Å²) in [6, 6.07) is 4.47. The van der Waals surface area contributed by atoms with E-state index in [4.69, 9.17) is 0 Å². The fourth-order valence-electron chi connectivity index (χ4n) is 3.22. The Labute approximate surface area is 130 Å². The molecule has 1 amide bonds. The molecule has 0 radical (unpaired) electrons. The number of nitro groups is 1. The van der Waals surface area contributed by atoms with Crippen LogP contribution in [0, 0.1) is 28.9 Å². The van der Waals surface area contributed by atoms with E-state index >= 15 is 0 Å². The number of hydrogen-bond donors (Lipinski definition) is 1. The van der Waals surface area contributed by atoms with Gasteiger partial charge in [0.05, 0.1) is 11.5 Å². The summed E-state index contributed by atoms with van der Waals surface area (Å²) in [7, 11) is 0. The molecule has 6 nitrogen and oxygen atoms in total. The molecule has 0 bridgehead atoms. The molecule has 1 aliphatic heterocycles. The molecule has 1 saturated heterocycles. The smallest absolute Gasteiger partial charge is 0.269 e. The van der Waals surface area contributed by atoms with Crippen molar-refractivity contribution in [2.75, 3.05) is 25.0 Å². The van der Waals surface area contributed by atoms with Gasteiger partial charge >= 0.3 is 0 Å². The predicted octanol–water partition coefficient (Wildman–Crippen LogP) is 2.82. The van der Waals surface area contributed by atoms with E-state index in [2.05, 4.69) is 24.1 Å². The van der Waals surface area contributed by atoms with E-state index < -0.39 is 4.92 Å². The van der Waals surface area contributed by atoms with E-state index in [0.29, 0.717) is 29.6 Å². The first-order valence-corrected chi connectivity index (χ1v) is 7.62. The lowest BCUT2D eigenvalue weighted by Crippen LogP contribution is -2.42. The molecule has 1 aliphatic rings. The number of aryl methyl sites for hydroxylation is 1. The fourth-order valence-corrected chi connectivity index (χ4v) is 3.22. The van der Waals surface area contributed by atoms with Gasteiger partial charge in [0.15, 0.2) is 0 Å². The number of nitrogens with zero attached hydrogens (tertiary/aromatic N) is 2. The van der Waals surface area contributed by atoms with Crippen molar-refractivity contribution in [2.45, 2.75) is 27.2 Å². The summed E-state index contributed by atoms with van der Waals surface area (Å²) in [5.41, 5.74) is 1.37. The van der Waals surface area contributed by atoms with Crippen LogP contribution in [0.15, 0.2) is 18.2 Å². The van der Waals surface area contributed by atoms with Crippen LogP contribution in [0.5, 0.6) is 0 Å². The number of amides is 1. The molecule has 2 rings (SSSR count). The van der Waals surface area contributed by atoms with Crippen LogP contribution < -0.4 is 5.32 Å². The second kappa shape index (κ2) is 6.87. The Kier molecular flexibility index (Phi) is 5.13. The minimum Gasteiger partial charge on any atom is -0.325 e. The lowest BCUT2D eigenvalue weighted by molar-refractivity contribution is -0.384. The van der Waals surface area contributed by atoms with Crippen molar-refractivity contribution in [3.8, 4) is 0 Å². The summed E-state index contributed by atoms with van der Waals surface area (Å²) in [5, 5.41) is 13.6. The fraction of sp³-hybridized carbons (Fsp3) is 0.562. The molecular weight excluding hydrogens is 282 g/mol. The summed E-state index contributed by atoms with van der Waals surface area (Å²) in [6.07, 6.45) is 1.21. The SMILES string of the molecule is Cc1cc([N+](=O)[O-])ccc1NC(=O)CN1C[C@H](C)C[C@@H](C)C1. The van der Waals surface area contributed by atoms with Gasteiger partial charge in [0.25, 0.3) is 5.69 Å². The molecule has 0 aromatic heterocycles. The van der Waals surface area contributed by atoms with Gasteiger partial charge in [0.1, 0.15) is 0 Å². The van der Waals surface area contributed by atoms with Gasteiger partial charge in [-0.1, -0.05) is 13.8 Å². The Morgan fingerprint density at radius 2 is 2.00 bits per heavy atom. The Bertz CT molecular complexity index is 564. The number of anilines is 1. The number of nitro benzene ring substituents is 1. The lowest BCUT2D eigenvalue weighted by Gasteiger charge is -2.34. The van der Waals surface area contributed by atoms with E-state index in [1.807, 2.05) is 0 Å². The van der Waals surface area contributed by atoms with E-state index in [9.17, 15) is 14.9 Å². The van der Waals surface area contributed by atoms with Crippen molar-refractivity contribution in [3.05, 3.63) is 33.9 Å². The van der Waals surface area contributed by atoms with E-state index in [-0.39, 0.29) is 11.6 Å². The van der Waals surface area contributed by atoms with Crippen LogP contribution >= 0.6 is 0 Å². The lowest BCUT2D eigenvalue weighted by atomic mass is 9.92. The highest BCUT2D eigenvalue weighted by Gasteiger charge is 2.23. The Balaban J connectivity index is 1.96. The maximum Gasteiger partial charge on any atom is 0.269 e. The molecule has 1 aromatic rings. The molecule has 22 heavy (non-hydrogen) atoms. The van der Waals surface area contributed by atoms with Crippen LogP contribution in [-0.2, 0) is 4.79 Å². The van der Waals surface area contributed by atoms with Crippen LogP contribution in [-0.4, -0.2) is 35.4 Å². The minimum absolute atomic E-state index is 0.0363. The largest absolute Gasteiger partial charge is 0.325 e. The summed E-state index contributed by atoms with van der Waals surface area (Å²) in [5.74, 6) is 1.15. The highest BCUT2D eigenvalue weighted by atomic mass is 16.6. The van der Waals surface area contributed by atoms with Gasteiger partial charge in [-0.15, -0.1) is 0 Å². The molecule has 1 heterocycles. The molecule has 1 aromatic carbocycles. The van der Waals surface area contributed by atoms with Crippen LogP contribution in [0.25, 0.3) is 0 Å². The summed E-state index contributed by atoms with van der Waals surface area (Å²) >= 11 is 0. The second-order valence-electron chi connectivity index (χ2n) is 6.44. The first kappa shape index (κ1) is 16.4. The van der Waals surface area contributed by atoms with Crippen molar-refractivity contribution in [2.24, 2.45) is 11.8 Å². The molecule has 6 heteroatoms. The molecule has 0 unspecified atom stereocenters. The maximum absolute atomic E-state index is 12.2. The van der Waals surface area contributed by atoms with Crippen molar-refractivity contribution >= 4 is 17.3 Å². The highest BCUT2D eigenvalue weighted by Crippen LogP contribution is 2.22. The number of non-ortho nitro benzene ring substituents is 1. The first-order chi connectivity index (χ1) is 10.3. The molecule has 0 aliphatic carbocycles. The Hall–Kier alpha value is -1.95. The monoisotopic (exact) mass is 305 g/mol. The van der Waals surface area contributed by atoms with Gasteiger partial charge in [-0.2, -0.15) is 0 Å². The molecule has 1 N–H and O–H groups in total. The number of carbonyl (C=O) groups excluding carboxylic acids is 1.